The Morgan fingerprint density at radius 2 is 2.38 bits per heavy atom. The van der Waals surface area contributed by atoms with Crippen LogP contribution in [0.1, 0.15) is 37.9 Å². The maximum Gasteiger partial charge on any atom is 0.320 e. The van der Waals surface area contributed by atoms with Crippen molar-refractivity contribution >= 4 is 5.97 Å². The van der Waals surface area contributed by atoms with Crippen molar-refractivity contribution in [2.75, 3.05) is 0 Å². The third-order valence-electron chi connectivity index (χ3n) is 2.21. The molecule has 0 fully saturated rings. The van der Waals surface area contributed by atoms with Gasteiger partial charge in [-0.15, -0.1) is 0 Å². The van der Waals surface area contributed by atoms with Crippen LogP contribution in [-0.2, 0) is 11.3 Å². The largest absolute Gasteiger partial charge is 0.480 e. The molecule has 90 valence electrons. The van der Waals surface area contributed by atoms with Crippen LogP contribution in [0.5, 0.6) is 0 Å². The van der Waals surface area contributed by atoms with Crippen molar-refractivity contribution in [3.05, 3.63) is 11.7 Å². The van der Waals surface area contributed by atoms with Gasteiger partial charge in [0, 0.05) is 0 Å². The lowest BCUT2D eigenvalue weighted by Gasteiger charge is -2.11. The minimum Gasteiger partial charge on any atom is -0.480 e. The van der Waals surface area contributed by atoms with E-state index in [2.05, 4.69) is 15.5 Å². The second-order valence-corrected chi connectivity index (χ2v) is 3.65. The van der Waals surface area contributed by atoms with Gasteiger partial charge in [-0.05, 0) is 13.3 Å². The molecular weight excluding hydrogens is 210 g/mol. The van der Waals surface area contributed by atoms with Gasteiger partial charge in [0.25, 0.3) is 0 Å². The Kier molecular flexibility index (Phi) is 4.91. The van der Waals surface area contributed by atoms with Crippen LogP contribution in [0.2, 0.25) is 0 Å². The average Bonchev–Trinajstić information content (AvgIpc) is 2.64. The number of carboxylic acid groups (broad SMARTS) is 1. The number of carbonyl (C=O) groups is 1. The summed E-state index contributed by atoms with van der Waals surface area (Å²) in [6, 6.07) is -0.549. The maximum atomic E-state index is 10.9. The molecule has 0 aromatic carbocycles. The molecule has 1 rings (SSSR count). The second-order valence-electron chi connectivity index (χ2n) is 3.65. The SMILES string of the molecule is CCCCC(NCc1nc(C)no1)C(=O)O. The average molecular weight is 227 g/mol. The van der Waals surface area contributed by atoms with Gasteiger partial charge < -0.3 is 9.63 Å². The Bertz CT molecular complexity index is 338. The van der Waals surface area contributed by atoms with Gasteiger partial charge in [0.1, 0.15) is 6.04 Å². The predicted molar refractivity (Wildman–Crippen MR) is 56.8 cm³/mol. The van der Waals surface area contributed by atoms with E-state index >= 15 is 0 Å². The highest BCUT2D eigenvalue weighted by Crippen LogP contribution is 2.03. The van der Waals surface area contributed by atoms with Gasteiger partial charge in [0.15, 0.2) is 5.82 Å². The Morgan fingerprint density at radius 1 is 1.62 bits per heavy atom. The van der Waals surface area contributed by atoms with Crippen molar-refractivity contribution in [3.8, 4) is 0 Å². The fraction of sp³-hybridized carbons (Fsp3) is 0.700. The molecule has 0 aliphatic carbocycles. The summed E-state index contributed by atoms with van der Waals surface area (Å²) >= 11 is 0. The van der Waals surface area contributed by atoms with E-state index in [1.807, 2.05) is 6.92 Å². The van der Waals surface area contributed by atoms with Crippen molar-refractivity contribution in [3.63, 3.8) is 0 Å². The molecule has 1 aromatic rings. The molecule has 1 unspecified atom stereocenters. The molecule has 0 saturated heterocycles. The minimum absolute atomic E-state index is 0.293. The monoisotopic (exact) mass is 227 g/mol. The Morgan fingerprint density at radius 3 is 2.88 bits per heavy atom. The molecule has 6 nitrogen and oxygen atoms in total. The van der Waals surface area contributed by atoms with E-state index in [1.165, 1.54) is 0 Å². The molecule has 2 N–H and O–H groups in total. The van der Waals surface area contributed by atoms with Crippen LogP contribution in [0.15, 0.2) is 4.52 Å². The summed E-state index contributed by atoms with van der Waals surface area (Å²) in [6.07, 6.45) is 2.47. The summed E-state index contributed by atoms with van der Waals surface area (Å²) in [7, 11) is 0. The van der Waals surface area contributed by atoms with Crippen molar-refractivity contribution in [2.24, 2.45) is 0 Å². The molecule has 0 aliphatic rings. The lowest BCUT2D eigenvalue weighted by molar-refractivity contribution is -0.139. The van der Waals surface area contributed by atoms with Gasteiger partial charge in [0.05, 0.1) is 6.54 Å². The number of nitrogens with zero attached hydrogens (tertiary/aromatic N) is 2. The molecule has 1 heterocycles. The zero-order valence-corrected chi connectivity index (χ0v) is 9.56. The topological polar surface area (TPSA) is 88.3 Å². The van der Waals surface area contributed by atoms with Gasteiger partial charge >= 0.3 is 5.97 Å². The normalized spacial score (nSPS) is 12.6. The molecule has 1 atom stereocenters. The molecule has 1 aromatic heterocycles. The third-order valence-corrected chi connectivity index (χ3v) is 2.21. The molecular formula is C10H17N3O3. The number of rotatable bonds is 7. The van der Waals surface area contributed by atoms with Gasteiger partial charge in [0.2, 0.25) is 5.89 Å². The molecule has 0 radical (unpaired) electrons. The number of aliphatic carboxylic acids is 1. The quantitative estimate of drug-likeness (QED) is 0.725. The highest BCUT2D eigenvalue weighted by atomic mass is 16.5. The van der Waals surface area contributed by atoms with Crippen molar-refractivity contribution in [1.29, 1.82) is 0 Å². The number of carboxylic acids is 1. The van der Waals surface area contributed by atoms with Crippen molar-refractivity contribution in [1.82, 2.24) is 15.5 Å². The van der Waals surface area contributed by atoms with E-state index in [1.54, 1.807) is 6.92 Å². The summed E-state index contributed by atoms with van der Waals surface area (Å²) in [6.45, 7) is 4.04. The van der Waals surface area contributed by atoms with Crippen LogP contribution in [0.4, 0.5) is 0 Å². The lowest BCUT2D eigenvalue weighted by Crippen LogP contribution is -2.36. The first-order valence-electron chi connectivity index (χ1n) is 5.39. The van der Waals surface area contributed by atoms with Crippen LogP contribution < -0.4 is 5.32 Å². The lowest BCUT2D eigenvalue weighted by atomic mass is 10.1. The van der Waals surface area contributed by atoms with Gasteiger partial charge in [-0.2, -0.15) is 4.98 Å². The van der Waals surface area contributed by atoms with Gasteiger partial charge in [-0.1, -0.05) is 24.9 Å². The first-order chi connectivity index (χ1) is 7.63. The second kappa shape index (κ2) is 6.22. The van der Waals surface area contributed by atoms with E-state index in [0.29, 0.717) is 24.7 Å². The first-order valence-corrected chi connectivity index (χ1v) is 5.39. The summed E-state index contributed by atoms with van der Waals surface area (Å²) in [5.41, 5.74) is 0. The molecule has 0 aliphatic heterocycles. The van der Waals surface area contributed by atoms with E-state index in [-0.39, 0.29) is 0 Å². The Hall–Kier alpha value is -1.43. The number of unbranched alkanes of at least 4 members (excludes halogenated alkanes) is 1. The van der Waals surface area contributed by atoms with Gasteiger partial charge in [-0.3, -0.25) is 10.1 Å². The number of aromatic nitrogens is 2. The van der Waals surface area contributed by atoms with E-state index < -0.39 is 12.0 Å². The highest BCUT2D eigenvalue weighted by molar-refractivity contribution is 5.73. The van der Waals surface area contributed by atoms with E-state index in [4.69, 9.17) is 9.63 Å². The molecule has 6 heteroatoms. The molecule has 16 heavy (non-hydrogen) atoms. The van der Waals surface area contributed by atoms with Crippen LogP contribution in [0, 0.1) is 6.92 Å². The van der Waals surface area contributed by atoms with Crippen LogP contribution in [-0.4, -0.2) is 27.3 Å². The number of hydrogen-bond acceptors (Lipinski definition) is 5. The smallest absolute Gasteiger partial charge is 0.320 e. The summed E-state index contributed by atoms with van der Waals surface area (Å²) < 4.78 is 4.88. The highest BCUT2D eigenvalue weighted by Gasteiger charge is 2.16. The summed E-state index contributed by atoms with van der Waals surface area (Å²) in [5, 5.41) is 15.5. The zero-order valence-electron chi connectivity index (χ0n) is 9.56. The Balaban J connectivity index is 2.40. The molecule has 0 spiro atoms. The van der Waals surface area contributed by atoms with Gasteiger partial charge in [-0.25, -0.2) is 0 Å². The standard InChI is InChI=1S/C10H17N3O3/c1-3-4-5-8(10(14)15)11-6-9-12-7(2)13-16-9/h8,11H,3-6H2,1-2H3,(H,14,15). The molecule has 0 amide bonds. The fourth-order valence-corrected chi connectivity index (χ4v) is 1.34. The molecule has 0 bridgehead atoms. The summed E-state index contributed by atoms with van der Waals surface area (Å²) in [4.78, 5) is 14.9. The zero-order chi connectivity index (χ0) is 12.0. The summed E-state index contributed by atoms with van der Waals surface area (Å²) in [5.74, 6) is 0.127. The number of hydrogen-bond donors (Lipinski definition) is 2. The predicted octanol–water partition coefficient (Wildman–Crippen LogP) is 1.11. The Labute approximate surface area is 94.0 Å². The van der Waals surface area contributed by atoms with Crippen molar-refractivity contribution < 1.29 is 14.4 Å². The van der Waals surface area contributed by atoms with Crippen LogP contribution >= 0.6 is 0 Å². The maximum absolute atomic E-state index is 10.9. The number of nitrogens with one attached hydrogen (secondary N) is 1. The van der Waals surface area contributed by atoms with E-state index in [0.717, 1.165) is 12.8 Å². The fourth-order valence-electron chi connectivity index (χ4n) is 1.34. The first kappa shape index (κ1) is 12.6. The van der Waals surface area contributed by atoms with Crippen LogP contribution in [0.3, 0.4) is 0 Å². The molecule has 0 saturated carbocycles. The van der Waals surface area contributed by atoms with Crippen molar-refractivity contribution in [2.45, 2.75) is 45.7 Å². The third kappa shape index (κ3) is 3.98. The van der Waals surface area contributed by atoms with E-state index in [9.17, 15) is 4.79 Å². The van der Waals surface area contributed by atoms with Crippen LogP contribution in [0.25, 0.3) is 0 Å². The number of aryl methyl sites for hydroxylation is 1. The minimum atomic E-state index is -0.843.